The molecule has 0 aromatic heterocycles. The Kier molecular flexibility index (Phi) is 5.04. The average Bonchev–Trinajstić information content (AvgIpc) is 2.67. The van der Waals surface area contributed by atoms with Crippen LogP contribution in [-0.2, 0) is 9.53 Å². The van der Waals surface area contributed by atoms with Gasteiger partial charge in [-0.25, -0.2) is 4.79 Å². The van der Waals surface area contributed by atoms with E-state index in [0.29, 0.717) is 36.0 Å². The molecule has 0 aliphatic carbocycles. The Morgan fingerprint density at radius 2 is 1.92 bits per heavy atom. The van der Waals surface area contributed by atoms with E-state index < -0.39 is 18.0 Å². The van der Waals surface area contributed by atoms with E-state index in [2.05, 4.69) is 5.32 Å². The van der Waals surface area contributed by atoms with E-state index in [9.17, 15) is 9.59 Å². The Balaban J connectivity index is 1.63. The van der Waals surface area contributed by atoms with E-state index in [-0.39, 0.29) is 5.56 Å². The number of ether oxygens (including phenoxy) is 3. The predicted molar refractivity (Wildman–Crippen MR) is 92.1 cm³/mol. The number of nitriles is 1. The molecule has 0 spiro atoms. The zero-order valence-corrected chi connectivity index (χ0v) is 14.0. The van der Waals surface area contributed by atoms with Gasteiger partial charge in [0, 0.05) is 5.69 Å². The van der Waals surface area contributed by atoms with E-state index >= 15 is 0 Å². The Bertz CT molecular complexity index is 888. The van der Waals surface area contributed by atoms with Crippen molar-refractivity contribution >= 4 is 17.6 Å². The highest BCUT2D eigenvalue weighted by Gasteiger charge is 2.21. The number of hydrogen-bond acceptors (Lipinski definition) is 6. The number of anilines is 1. The first-order valence-electron chi connectivity index (χ1n) is 7.98. The SMILES string of the molecule is C[C@@H](OC(=O)c1ccc2c(c1)OCCO2)C(=O)Nc1cccc(C#N)c1. The number of hydrogen-bond donors (Lipinski definition) is 1. The van der Waals surface area contributed by atoms with Crippen molar-refractivity contribution in [3.63, 3.8) is 0 Å². The van der Waals surface area contributed by atoms with E-state index in [1.807, 2.05) is 6.07 Å². The standard InChI is InChI=1S/C19H16N2O5/c1-12(18(22)21-15-4-2-3-13(9-15)11-20)26-19(23)14-5-6-16-17(10-14)25-8-7-24-16/h2-6,9-10,12H,7-8H2,1H3,(H,21,22)/t12-/m1/s1. The number of carbonyl (C=O) groups is 2. The Labute approximate surface area is 150 Å². The molecule has 7 heteroatoms. The van der Waals surface area contributed by atoms with Crippen LogP contribution in [0.1, 0.15) is 22.8 Å². The Hall–Kier alpha value is -3.53. The van der Waals surface area contributed by atoms with Crippen molar-refractivity contribution in [3.8, 4) is 17.6 Å². The highest BCUT2D eigenvalue weighted by atomic mass is 16.6. The molecule has 0 unspecified atom stereocenters. The van der Waals surface area contributed by atoms with Gasteiger partial charge in [-0.2, -0.15) is 5.26 Å². The lowest BCUT2D eigenvalue weighted by atomic mass is 10.2. The van der Waals surface area contributed by atoms with Gasteiger partial charge < -0.3 is 19.5 Å². The molecule has 3 rings (SSSR count). The molecule has 1 N–H and O–H groups in total. The maximum atomic E-state index is 12.3. The summed E-state index contributed by atoms with van der Waals surface area (Å²) in [6, 6.07) is 13.2. The van der Waals surface area contributed by atoms with Crippen molar-refractivity contribution in [1.82, 2.24) is 0 Å². The molecular weight excluding hydrogens is 336 g/mol. The van der Waals surface area contributed by atoms with Crippen LogP contribution in [0.3, 0.4) is 0 Å². The van der Waals surface area contributed by atoms with Crippen LogP contribution >= 0.6 is 0 Å². The van der Waals surface area contributed by atoms with Crippen molar-refractivity contribution in [2.75, 3.05) is 18.5 Å². The molecule has 0 saturated carbocycles. The summed E-state index contributed by atoms with van der Waals surface area (Å²) in [6.07, 6.45) is -1.01. The van der Waals surface area contributed by atoms with Crippen LogP contribution in [0.2, 0.25) is 0 Å². The van der Waals surface area contributed by atoms with Gasteiger partial charge >= 0.3 is 5.97 Å². The molecule has 0 bridgehead atoms. The fourth-order valence-corrected chi connectivity index (χ4v) is 2.36. The second-order valence-electron chi connectivity index (χ2n) is 5.59. The number of carbonyl (C=O) groups excluding carboxylic acids is 2. The quantitative estimate of drug-likeness (QED) is 0.849. The summed E-state index contributed by atoms with van der Waals surface area (Å²) in [7, 11) is 0. The maximum Gasteiger partial charge on any atom is 0.339 e. The maximum absolute atomic E-state index is 12.3. The summed E-state index contributed by atoms with van der Waals surface area (Å²) in [5.74, 6) is -0.103. The molecule has 2 aromatic rings. The van der Waals surface area contributed by atoms with E-state index in [4.69, 9.17) is 19.5 Å². The molecule has 132 valence electrons. The van der Waals surface area contributed by atoms with Gasteiger partial charge in [-0.3, -0.25) is 4.79 Å². The third-order valence-electron chi connectivity index (χ3n) is 3.69. The van der Waals surface area contributed by atoms with Crippen LogP contribution in [0.25, 0.3) is 0 Å². The van der Waals surface area contributed by atoms with Crippen molar-refractivity contribution in [3.05, 3.63) is 53.6 Å². The van der Waals surface area contributed by atoms with Gasteiger partial charge in [-0.1, -0.05) is 6.07 Å². The summed E-state index contributed by atoms with van der Waals surface area (Å²) in [6.45, 7) is 2.34. The van der Waals surface area contributed by atoms with Crippen molar-refractivity contribution in [2.45, 2.75) is 13.0 Å². The minimum atomic E-state index is -1.01. The number of rotatable bonds is 4. The number of esters is 1. The molecule has 1 aliphatic heterocycles. The normalized spacial score (nSPS) is 13.2. The topological polar surface area (TPSA) is 97.7 Å². The average molecular weight is 352 g/mol. The van der Waals surface area contributed by atoms with Gasteiger partial charge in [0.25, 0.3) is 5.91 Å². The summed E-state index contributed by atoms with van der Waals surface area (Å²) < 4.78 is 16.0. The fraction of sp³-hybridized carbons (Fsp3) is 0.211. The van der Waals surface area contributed by atoms with Crippen LogP contribution in [0.4, 0.5) is 5.69 Å². The minimum Gasteiger partial charge on any atom is -0.486 e. The summed E-state index contributed by atoms with van der Waals surface area (Å²) in [4.78, 5) is 24.5. The lowest BCUT2D eigenvalue weighted by Crippen LogP contribution is -2.30. The van der Waals surface area contributed by atoms with Crippen molar-refractivity contribution in [1.29, 1.82) is 5.26 Å². The molecule has 0 saturated heterocycles. The van der Waals surface area contributed by atoms with Crippen LogP contribution in [0.15, 0.2) is 42.5 Å². The molecule has 1 aliphatic rings. The first-order chi connectivity index (χ1) is 12.6. The molecular formula is C19H16N2O5. The number of nitrogens with one attached hydrogen (secondary N) is 1. The minimum absolute atomic E-state index is 0.264. The molecule has 2 aromatic carbocycles. The van der Waals surface area contributed by atoms with Gasteiger partial charge in [0.2, 0.25) is 0 Å². The molecule has 1 heterocycles. The second kappa shape index (κ2) is 7.57. The number of amides is 1. The van der Waals surface area contributed by atoms with E-state index in [1.54, 1.807) is 30.3 Å². The zero-order chi connectivity index (χ0) is 18.5. The molecule has 0 fully saturated rings. The lowest BCUT2D eigenvalue weighted by Gasteiger charge is -2.19. The van der Waals surface area contributed by atoms with Gasteiger partial charge in [0.15, 0.2) is 17.6 Å². The third-order valence-corrected chi connectivity index (χ3v) is 3.69. The van der Waals surface area contributed by atoms with Crippen LogP contribution in [0.5, 0.6) is 11.5 Å². The largest absolute Gasteiger partial charge is 0.486 e. The van der Waals surface area contributed by atoms with Crippen molar-refractivity contribution < 1.29 is 23.8 Å². The fourth-order valence-electron chi connectivity index (χ4n) is 2.36. The Morgan fingerprint density at radius 3 is 2.69 bits per heavy atom. The smallest absolute Gasteiger partial charge is 0.339 e. The number of nitrogens with zero attached hydrogens (tertiary/aromatic N) is 1. The van der Waals surface area contributed by atoms with Gasteiger partial charge in [0.05, 0.1) is 17.2 Å². The zero-order valence-electron chi connectivity index (χ0n) is 14.0. The monoisotopic (exact) mass is 352 g/mol. The molecule has 26 heavy (non-hydrogen) atoms. The van der Waals surface area contributed by atoms with Crippen molar-refractivity contribution in [2.24, 2.45) is 0 Å². The van der Waals surface area contributed by atoms with E-state index in [0.717, 1.165) is 0 Å². The number of benzene rings is 2. The molecule has 1 amide bonds. The van der Waals surface area contributed by atoms with Crippen LogP contribution in [0, 0.1) is 11.3 Å². The van der Waals surface area contributed by atoms with Gasteiger partial charge in [-0.15, -0.1) is 0 Å². The molecule has 0 radical (unpaired) electrons. The van der Waals surface area contributed by atoms with Gasteiger partial charge in [-0.05, 0) is 43.3 Å². The lowest BCUT2D eigenvalue weighted by molar-refractivity contribution is -0.123. The highest BCUT2D eigenvalue weighted by Crippen LogP contribution is 2.31. The highest BCUT2D eigenvalue weighted by molar-refractivity contribution is 5.97. The Morgan fingerprint density at radius 1 is 1.15 bits per heavy atom. The van der Waals surface area contributed by atoms with Crippen LogP contribution in [-0.4, -0.2) is 31.2 Å². The van der Waals surface area contributed by atoms with Gasteiger partial charge in [0.1, 0.15) is 13.2 Å². The summed E-state index contributed by atoms with van der Waals surface area (Å²) >= 11 is 0. The third kappa shape index (κ3) is 3.92. The molecule has 7 nitrogen and oxygen atoms in total. The second-order valence-corrected chi connectivity index (χ2v) is 5.59. The predicted octanol–water partition coefficient (Wildman–Crippen LogP) is 2.51. The molecule has 1 atom stereocenters. The summed E-state index contributed by atoms with van der Waals surface area (Å²) in [5, 5.41) is 11.5. The first-order valence-corrected chi connectivity index (χ1v) is 7.98. The number of fused-ring (bicyclic) bond motifs is 1. The van der Waals surface area contributed by atoms with E-state index in [1.165, 1.54) is 19.1 Å². The van der Waals surface area contributed by atoms with Crippen LogP contribution < -0.4 is 14.8 Å². The summed E-state index contributed by atoms with van der Waals surface area (Å²) in [5.41, 5.74) is 1.14. The first kappa shape index (κ1) is 17.3.